The maximum Gasteiger partial charge on any atom is 0.272 e. The van der Waals surface area contributed by atoms with Crippen LogP contribution in [0.15, 0.2) is 42.5 Å². The van der Waals surface area contributed by atoms with Gasteiger partial charge in [0, 0.05) is 5.39 Å². The van der Waals surface area contributed by atoms with Crippen molar-refractivity contribution in [2.24, 2.45) is 0 Å². The molecule has 0 aliphatic carbocycles. The third-order valence-corrected chi connectivity index (χ3v) is 3.37. The average molecular weight is 307 g/mol. The number of aromatic amines is 1. The van der Waals surface area contributed by atoms with Crippen molar-refractivity contribution in [3.8, 4) is 0 Å². The molecule has 0 radical (unpaired) electrons. The highest BCUT2D eigenvalue weighted by atomic mass is 35.5. The SMILES string of the molecule is O=C(Nc1c(F)cccc1F)c1cc2cccc(Cl)c2[nH]1. The van der Waals surface area contributed by atoms with E-state index in [2.05, 4.69) is 10.3 Å². The number of amides is 1. The first-order valence-electron chi connectivity index (χ1n) is 6.09. The number of anilines is 1. The Morgan fingerprint density at radius 3 is 2.43 bits per heavy atom. The van der Waals surface area contributed by atoms with Gasteiger partial charge >= 0.3 is 0 Å². The highest BCUT2D eigenvalue weighted by Crippen LogP contribution is 2.24. The highest BCUT2D eigenvalue weighted by molar-refractivity contribution is 6.35. The van der Waals surface area contributed by atoms with Crippen LogP contribution in [0.3, 0.4) is 0 Å². The lowest BCUT2D eigenvalue weighted by Crippen LogP contribution is -2.14. The molecule has 3 aromatic rings. The van der Waals surface area contributed by atoms with Crippen LogP contribution in [-0.2, 0) is 0 Å². The molecule has 2 aromatic carbocycles. The molecule has 0 aliphatic rings. The number of aromatic nitrogens is 1. The third kappa shape index (κ3) is 2.48. The van der Waals surface area contributed by atoms with Crippen molar-refractivity contribution in [2.45, 2.75) is 0 Å². The van der Waals surface area contributed by atoms with E-state index < -0.39 is 23.2 Å². The maximum atomic E-state index is 13.5. The van der Waals surface area contributed by atoms with Gasteiger partial charge in [-0.25, -0.2) is 8.78 Å². The summed E-state index contributed by atoms with van der Waals surface area (Å²) in [6.07, 6.45) is 0. The summed E-state index contributed by atoms with van der Waals surface area (Å²) in [7, 11) is 0. The fraction of sp³-hybridized carbons (Fsp3) is 0. The lowest BCUT2D eigenvalue weighted by molar-refractivity contribution is 0.102. The molecule has 0 spiro atoms. The molecule has 0 unspecified atom stereocenters. The Kier molecular flexibility index (Phi) is 3.35. The number of benzene rings is 2. The normalized spacial score (nSPS) is 10.8. The molecule has 6 heteroatoms. The van der Waals surface area contributed by atoms with Gasteiger partial charge in [0.25, 0.3) is 5.91 Å². The van der Waals surface area contributed by atoms with Crippen molar-refractivity contribution < 1.29 is 13.6 Å². The van der Waals surface area contributed by atoms with Crippen LogP contribution in [0.5, 0.6) is 0 Å². The third-order valence-electron chi connectivity index (χ3n) is 3.05. The van der Waals surface area contributed by atoms with E-state index in [1.165, 1.54) is 6.07 Å². The first kappa shape index (κ1) is 13.6. The molecule has 0 saturated heterocycles. The zero-order valence-corrected chi connectivity index (χ0v) is 11.3. The molecule has 3 nitrogen and oxygen atoms in total. The summed E-state index contributed by atoms with van der Waals surface area (Å²) in [4.78, 5) is 14.9. The smallest absolute Gasteiger partial charge is 0.272 e. The van der Waals surface area contributed by atoms with Crippen LogP contribution in [0.25, 0.3) is 10.9 Å². The molecular formula is C15H9ClF2N2O. The molecule has 2 N–H and O–H groups in total. The molecule has 1 heterocycles. The Labute approximate surface area is 123 Å². The van der Waals surface area contributed by atoms with Crippen LogP contribution >= 0.6 is 11.6 Å². The van der Waals surface area contributed by atoms with Crippen LogP contribution in [0.4, 0.5) is 14.5 Å². The maximum absolute atomic E-state index is 13.5. The monoisotopic (exact) mass is 306 g/mol. The number of carbonyl (C=O) groups is 1. The predicted octanol–water partition coefficient (Wildman–Crippen LogP) is 4.35. The van der Waals surface area contributed by atoms with Gasteiger partial charge in [-0.1, -0.05) is 29.8 Å². The van der Waals surface area contributed by atoms with Gasteiger partial charge in [-0.15, -0.1) is 0 Å². The molecular weight excluding hydrogens is 298 g/mol. The minimum absolute atomic E-state index is 0.167. The minimum atomic E-state index is -0.836. The molecule has 1 aromatic heterocycles. The van der Waals surface area contributed by atoms with Gasteiger partial charge in [0.1, 0.15) is 23.0 Å². The molecule has 0 bridgehead atoms. The van der Waals surface area contributed by atoms with Crippen LogP contribution < -0.4 is 5.32 Å². The lowest BCUT2D eigenvalue weighted by Gasteiger charge is -2.06. The van der Waals surface area contributed by atoms with Gasteiger partial charge in [-0.3, -0.25) is 4.79 Å². The summed E-state index contributed by atoms with van der Waals surface area (Å²) >= 11 is 6.00. The van der Waals surface area contributed by atoms with Crippen LogP contribution in [-0.4, -0.2) is 10.9 Å². The summed E-state index contributed by atoms with van der Waals surface area (Å²) in [6, 6.07) is 10.1. The van der Waals surface area contributed by atoms with E-state index in [9.17, 15) is 13.6 Å². The molecule has 21 heavy (non-hydrogen) atoms. The summed E-state index contributed by atoms with van der Waals surface area (Å²) < 4.78 is 27.0. The molecule has 0 atom stereocenters. The molecule has 0 aliphatic heterocycles. The number of hydrogen-bond acceptors (Lipinski definition) is 1. The first-order chi connectivity index (χ1) is 10.1. The minimum Gasteiger partial charge on any atom is -0.349 e. The van der Waals surface area contributed by atoms with Gasteiger partial charge in [0.15, 0.2) is 0 Å². The summed E-state index contributed by atoms with van der Waals surface area (Å²) in [6.45, 7) is 0. The Hall–Kier alpha value is -2.40. The number of carbonyl (C=O) groups excluding carboxylic acids is 1. The Bertz CT molecular complexity index is 825. The largest absolute Gasteiger partial charge is 0.349 e. The van der Waals surface area contributed by atoms with E-state index in [0.717, 1.165) is 17.5 Å². The van der Waals surface area contributed by atoms with Crippen LogP contribution in [0, 0.1) is 11.6 Å². The molecule has 1 amide bonds. The standard InChI is InChI=1S/C15H9ClF2N2O/c16-9-4-1-3-8-7-12(19-13(8)9)15(21)20-14-10(17)5-2-6-11(14)18/h1-7,19H,(H,20,21). The quantitative estimate of drug-likeness (QED) is 0.726. The van der Waals surface area contributed by atoms with E-state index in [4.69, 9.17) is 11.6 Å². The number of rotatable bonds is 2. The number of hydrogen-bond donors (Lipinski definition) is 2. The van der Waals surface area contributed by atoms with E-state index in [0.29, 0.717) is 10.5 Å². The topological polar surface area (TPSA) is 44.9 Å². The highest BCUT2D eigenvalue weighted by Gasteiger charge is 2.15. The molecule has 3 rings (SSSR count). The first-order valence-corrected chi connectivity index (χ1v) is 6.46. The number of H-pyrrole nitrogens is 1. The van der Waals surface area contributed by atoms with Gasteiger partial charge in [-0.05, 0) is 24.3 Å². The number of nitrogens with one attached hydrogen (secondary N) is 2. The van der Waals surface area contributed by atoms with Gasteiger partial charge in [0.2, 0.25) is 0 Å². The van der Waals surface area contributed by atoms with Crippen LogP contribution in [0.2, 0.25) is 5.02 Å². The number of para-hydroxylation sites is 2. The fourth-order valence-electron chi connectivity index (χ4n) is 2.04. The van der Waals surface area contributed by atoms with Gasteiger partial charge in [-0.2, -0.15) is 0 Å². The van der Waals surface area contributed by atoms with Crippen LogP contribution in [0.1, 0.15) is 10.5 Å². The number of fused-ring (bicyclic) bond motifs is 1. The van der Waals surface area contributed by atoms with E-state index >= 15 is 0 Å². The van der Waals surface area contributed by atoms with Crippen molar-refractivity contribution in [3.05, 3.63) is 64.8 Å². The predicted molar refractivity (Wildman–Crippen MR) is 77.6 cm³/mol. The van der Waals surface area contributed by atoms with Gasteiger partial charge < -0.3 is 10.3 Å². The summed E-state index contributed by atoms with van der Waals surface area (Å²) in [5.74, 6) is -2.32. The Morgan fingerprint density at radius 1 is 1.10 bits per heavy atom. The van der Waals surface area contributed by atoms with Crippen molar-refractivity contribution in [2.75, 3.05) is 5.32 Å². The zero-order valence-electron chi connectivity index (χ0n) is 10.6. The number of halogens is 3. The van der Waals surface area contributed by atoms with Crippen molar-refractivity contribution in [1.29, 1.82) is 0 Å². The van der Waals surface area contributed by atoms with E-state index in [-0.39, 0.29) is 5.69 Å². The van der Waals surface area contributed by atoms with Gasteiger partial charge in [0.05, 0.1) is 10.5 Å². The summed E-state index contributed by atoms with van der Waals surface area (Å²) in [5.41, 5.74) is 0.284. The second kappa shape index (κ2) is 5.18. The van der Waals surface area contributed by atoms with Crippen molar-refractivity contribution in [1.82, 2.24) is 4.98 Å². The second-order valence-electron chi connectivity index (χ2n) is 4.44. The molecule has 0 fully saturated rings. The zero-order chi connectivity index (χ0) is 15.0. The fourth-order valence-corrected chi connectivity index (χ4v) is 2.27. The van der Waals surface area contributed by atoms with E-state index in [1.54, 1.807) is 24.3 Å². The van der Waals surface area contributed by atoms with Crippen molar-refractivity contribution in [3.63, 3.8) is 0 Å². The molecule has 106 valence electrons. The lowest BCUT2D eigenvalue weighted by atomic mass is 10.2. The molecule has 0 saturated carbocycles. The van der Waals surface area contributed by atoms with Crippen molar-refractivity contribution >= 4 is 34.1 Å². The Balaban J connectivity index is 1.96. The Morgan fingerprint density at radius 2 is 1.76 bits per heavy atom. The van der Waals surface area contributed by atoms with E-state index in [1.807, 2.05) is 0 Å². The second-order valence-corrected chi connectivity index (χ2v) is 4.85. The average Bonchev–Trinajstić information content (AvgIpc) is 2.88. The summed E-state index contributed by atoms with van der Waals surface area (Å²) in [5, 5.41) is 3.41.